The molecule has 3 aromatic rings. The number of ether oxygens (including phenoxy) is 2. The molecule has 0 N–H and O–H groups in total. The molecule has 0 amide bonds. The maximum absolute atomic E-state index is 13.4. The van der Waals surface area contributed by atoms with Crippen LogP contribution in [0, 0.1) is 5.82 Å². The van der Waals surface area contributed by atoms with Gasteiger partial charge in [-0.05, 0) is 75.6 Å². The van der Waals surface area contributed by atoms with Gasteiger partial charge in [0.25, 0.3) is 0 Å². The SMILES string of the molecule is CCC(=O)c1ccc(OCCCCN2CCC(c3noc4cc(F)ccc34)CC2)c(OC)c1. The largest absolute Gasteiger partial charge is 0.493 e. The van der Waals surface area contributed by atoms with Crippen LogP contribution in [0.25, 0.3) is 11.0 Å². The van der Waals surface area contributed by atoms with Gasteiger partial charge in [-0.1, -0.05) is 12.1 Å². The van der Waals surface area contributed by atoms with Crippen LogP contribution in [0.15, 0.2) is 40.9 Å². The van der Waals surface area contributed by atoms with Gasteiger partial charge in [-0.25, -0.2) is 4.39 Å². The van der Waals surface area contributed by atoms with Crippen molar-refractivity contribution in [3.8, 4) is 11.5 Å². The highest BCUT2D eigenvalue weighted by Gasteiger charge is 2.25. The average Bonchev–Trinajstić information content (AvgIpc) is 3.26. The monoisotopic (exact) mass is 454 g/mol. The molecule has 1 fully saturated rings. The van der Waals surface area contributed by atoms with Gasteiger partial charge in [-0.15, -0.1) is 0 Å². The normalized spacial score (nSPS) is 15.1. The van der Waals surface area contributed by atoms with Crippen molar-refractivity contribution in [3.63, 3.8) is 0 Å². The number of likely N-dealkylation sites (tertiary alicyclic amines) is 1. The van der Waals surface area contributed by atoms with Crippen molar-refractivity contribution in [2.75, 3.05) is 33.4 Å². The van der Waals surface area contributed by atoms with Gasteiger partial charge >= 0.3 is 0 Å². The predicted octanol–water partition coefficient (Wildman–Crippen LogP) is 5.61. The highest BCUT2D eigenvalue weighted by Crippen LogP contribution is 2.33. The van der Waals surface area contributed by atoms with E-state index in [9.17, 15) is 9.18 Å². The quantitative estimate of drug-likeness (QED) is 0.293. The third kappa shape index (κ3) is 5.53. The maximum atomic E-state index is 13.4. The molecule has 33 heavy (non-hydrogen) atoms. The zero-order chi connectivity index (χ0) is 23.2. The van der Waals surface area contributed by atoms with E-state index in [0.717, 1.165) is 56.4 Å². The number of ketones is 1. The molecule has 4 rings (SSSR count). The molecule has 0 aliphatic carbocycles. The highest BCUT2D eigenvalue weighted by molar-refractivity contribution is 5.96. The Bertz CT molecular complexity index is 1090. The number of benzene rings is 2. The first kappa shape index (κ1) is 23.2. The number of hydrogen-bond donors (Lipinski definition) is 0. The number of aromatic nitrogens is 1. The number of rotatable bonds is 10. The third-order valence-electron chi connectivity index (χ3n) is 6.37. The lowest BCUT2D eigenvalue weighted by Gasteiger charge is -2.31. The molecule has 0 saturated carbocycles. The van der Waals surface area contributed by atoms with E-state index >= 15 is 0 Å². The van der Waals surface area contributed by atoms with Crippen molar-refractivity contribution in [2.45, 2.75) is 44.9 Å². The Morgan fingerprint density at radius 2 is 1.97 bits per heavy atom. The zero-order valence-electron chi connectivity index (χ0n) is 19.3. The van der Waals surface area contributed by atoms with Gasteiger partial charge in [0.05, 0.1) is 19.4 Å². The molecular weight excluding hydrogens is 423 g/mol. The second-order valence-corrected chi connectivity index (χ2v) is 8.52. The molecule has 7 heteroatoms. The van der Waals surface area contributed by atoms with E-state index in [0.29, 0.717) is 41.6 Å². The van der Waals surface area contributed by atoms with Crippen molar-refractivity contribution in [2.24, 2.45) is 0 Å². The van der Waals surface area contributed by atoms with Gasteiger partial charge < -0.3 is 18.9 Å². The Kier molecular flexibility index (Phi) is 7.60. The van der Waals surface area contributed by atoms with Crippen molar-refractivity contribution >= 4 is 16.8 Å². The summed E-state index contributed by atoms with van der Waals surface area (Å²) >= 11 is 0. The number of piperidine rings is 1. The molecular formula is C26H31FN2O4. The molecule has 6 nitrogen and oxygen atoms in total. The fourth-order valence-electron chi connectivity index (χ4n) is 4.44. The van der Waals surface area contributed by atoms with Crippen LogP contribution < -0.4 is 9.47 Å². The van der Waals surface area contributed by atoms with E-state index in [1.165, 1.54) is 12.1 Å². The van der Waals surface area contributed by atoms with Crippen molar-refractivity contribution in [1.82, 2.24) is 10.1 Å². The van der Waals surface area contributed by atoms with Crippen molar-refractivity contribution in [1.29, 1.82) is 0 Å². The number of fused-ring (bicyclic) bond motifs is 1. The van der Waals surface area contributed by atoms with E-state index in [2.05, 4.69) is 10.1 Å². The summed E-state index contributed by atoms with van der Waals surface area (Å²) in [4.78, 5) is 14.4. The van der Waals surface area contributed by atoms with Crippen LogP contribution in [0.1, 0.15) is 61.0 Å². The lowest BCUT2D eigenvalue weighted by Crippen LogP contribution is -2.34. The van der Waals surface area contributed by atoms with Gasteiger partial charge in [0.15, 0.2) is 22.9 Å². The van der Waals surface area contributed by atoms with Crippen LogP contribution in [0.5, 0.6) is 11.5 Å². The summed E-state index contributed by atoms with van der Waals surface area (Å²) in [6.45, 7) is 5.52. The summed E-state index contributed by atoms with van der Waals surface area (Å²) in [5, 5.41) is 5.15. The number of unbranched alkanes of at least 4 members (excludes halogenated alkanes) is 1. The third-order valence-corrected chi connectivity index (χ3v) is 6.37. The first-order chi connectivity index (χ1) is 16.1. The molecule has 0 unspecified atom stereocenters. The molecule has 2 aromatic carbocycles. The molecule has 176 valence electrons. The number of methoxy groups -OCH3 is 1. The Labute approximate surface area is 193 Å². The first-order valence-electron chi connectivity index (χ1n) is 11.7. The smallest absolute Gasteiger partial charge is 0.170 e. The molecule has 1 aliphatic rings. The summed E-state index contributed by atoms with van der Waals surface area (Å²) in [6.07, 6.45) is 4.50. The van der Waals surface area contributed by atoms with Crippen LogP contribution >= 0.6 is 0 Å². The Balaban J connectivity index is 1.19. The second-order valence-electron chi connectivity index (χ2n) is 8.52. The zero-order valence-corrected chi connectivity index (χ0v) is 19.3. The minimum Gasteiger partial charge on any atom is -0.493 e. The average molecular weight is 455 g/mol. The molecule has 0 bridgehead atoms. The second kappa shape index (κ2) is 10.8. The Hall–Kier alpha value is -2.93. The fourth-order valence-corrected chi connectivity index (χ4v) is 4.44. The van der Waals surface area contributed by atoms with Gasteiger partial charge in [0, 0.05) is 29.4 Å². The van der Waals surface area contributed by atoms with E-state index in [-0.39, 0.29) is 11.6 Å². The number of carbonyl (C=O) groups is 1. The number of Topliss-reactive ketones (excluding diaryl/α,β-unsaturated/α-hetero) is 1. The Morgan fingerprint density at radius 3 is 2.73 bits per heavy atom. The predicted molar refractivity (Wildman–Crippen MR) is 125 cm³/mol. The maximum Gasteiger partial charge on any atom is 0.170 e. The summed E-state index contributed by atoms with van der Waals surface area (Å²) in [7, 11) is 1.59. The van der Waals surface area contributed by atoms with Crippen LogP contribution in [-0.2, 0) is 0 Å². The fraction of sp³-hybridized carbons (Fsp3) is 0.462. The van der Waals surface area contributed by atoms with E-state index < -0.39 is 0 Å². The summed E-state index contributed by atoms with van der Waals surface area (Å²) in [5.41, 5.74) is 2.13. The van der Waals surface area contributed by atoms with Crippen LogP contribution in [0.4, 0.5) is 4.39 Å². The van der Waals surface area contributed by atoms with Gasteiger partial charge in [0.1, 0.15) is 5.82 Å². The van der Waals surface area contributed by atoms with E-state index in [1.54, 1.807) is 25.3 Å². The van der Waals surface area contributed by atoms with Gasteiger partial charge in [-0.2, -0.15) is 0 Å². The van der Waals surface area contributed by atoms with Gasteiger partial charge in [0.2, 0.25) is 0 Å². The molecule has 0 atom stereocenters. The number of halogens is 1. The molecule has 1 aliphatic heterocycles. The molecule has 0 spiro atoms. The van der Waals surface area contributed by atoms with Gasteiger partial charge in [-0.3, -0.25) is 4.79 Å². The van der Waals surface area contributed by atoms with E-state index in [1.807, 2.05) is 13.0 Å². The lowest BCUT2D eigenvalue weighted by atomic mass is 9.91. The summed E-state index contributed by atoms with van der Waals surface area (Å²) in [5.74, 6) is 1.41. The number of carbonyl (C=O) groups excluding carboxylic acids is 1. The molecule has 0 radical (unpaired) electrons. The van der Waals surface area contributed by atoms with Crippen LogP contribution in [0.2, 0.25) is 0 Å². The highest BCUT2D eigenvalue weighted by atomic mass is 19.1. The molecule has 1 saturated heterocycles. The van der Waals surface area contributed by atoms with Crippen LogP contribution in [0.3, 0.4) is 0 Å². The minimum atomic E-state index is -0.300. The Morgan fingerprint density at radius 1 is 1.15 bits per heavy atom. The van der Waals surface area contributed by atoms with Crippen molar-refractivity contribution < 1.29 is 23.2 Å². The number of nitrogens with zero attached hydrogens (tertiary/aromatic N) is 2. The topological polar surface area (TPSA) is 64.8 Å². The molecule has 2 heterocycles. The lowest BCUT2D eigenvalue weighted by molar-refractivity contribution is 0.0987. The standard InChI is InChI=1S/C26H31FN2O4/c1-3-22(30)19-6-9-23(25(16-19)31-2)32-15-5-4-12-29-13-10-18(11-14-29)26-21-8-7-20(27)17-24(21)33-28-26/h6-9,16-18H,3-5,10-15H2,1-2H3. The van der Waals surface area contributed by atoms with Crippen LogP contribution in [-0.4, -0.2) is 49.2 Å². The molecule has 1 aromatic heterocycles. The minimum absolute atomic E-state index is 0.0919. The van der Waals surface area contributed by atoms with E-state index in [4.69, 9.17) is 14.0 Å². The summed E-state index contributed by atoms with van der Waals surface area (Å²) < 4.78 is 30.0. The summed E-state index contributed by atoms with van der Waals surface area (Å²) in [6, 6.07) is 10.00. The van der Waals surface area contributed by atoms with Crippen molar-refractivity contribution in [3.05, 3.63) is 53.5 Å². The number of hydrogen-bond acceptors (Lipinski definition) is 6. The first-order valence-corrected chi connectivity index (χ1v) is 11.7.